The molecule has 0 radical (unpaired) electrons. The normalized spacial score (nSPS) is 15.3. The number of fused-ring (bicyclic) bond motifs is 3. The third-order valence-corrected chi connectivity index (χ3v) is 13.5. The summed E-state index contributed by atoms with van der Waals surface area (Å²) >= 11 is 3.72. The van der Waals surface area contributed by atoms with Crippen LogP contribution in [0.3, 0.4) is 0 Å². The van der Waals surface area contributed by atoms with E-state index in [1.54, 1.807) is 20.3 Å². The van der Waals surface area contributed by atoms with Crippen LogP contribution in [0.2, 0.25) is 0 Å². The summed E-state index contributed by atoms with van der Waals surface area (Å²) in [7, 11) is 3.34. The quantitative estimate of drug-likeness (QED) is 0.0211. The van der Waals surface area contributed by atoms with E-state index in [9.17, 15) is 4.79 Å². The second-order valence-electron chi connectivity index (χ2n) is 18.6. The van der Waals surface area contributed by atoms with Gasteiger partial charge in [-0.1, -0.05) is 91.9 Å². The van der Waals surface area contributed by atoms with E-state index in [4.69, 9.17) is 30.1 Å². The summed E-state index contributed by atoms with van der Waals surface area (Å²) in [5.74, 6) is 4.84. The summed E-state index contributed by atoms with van der Waals surface area (Å²) in [5, 5.41) is 4.06. The third kappa shape index (κ3) is 12.6. The van der Waals surface area contributed by atoms with Gasteiger partial charge in [-0.15, -0.1) is 6.42 Å². The molecule has 0 saturated heterocycles. The Hall–Kier alpha value is -6.68. The lowest BCUT2D eigenvalue weighted by atomic mass is 9.81. The summed E-state index contributed by atoms with van der Waals surface area (Å²) in [6.45, 7) is 14.2. The minimum absolute atomic E-state index is 0.0894. The molecule has 0 aliphatic carbocycles. The molecule has 12 heteroatoms. The first kappa shape index (κ1) is 52.2. The fraction of sp³-hybridized carbons (Fsp3) is 0.356. The fourth-order valence-electron chi connectivity index (χ4n) is 9.26. The number of nitrogens with one attached hydrogen (secondary N) is 1. The van der Waals surface area contributed by atoms with Gasteiger partial charge in [-0.3, -0.25) is 4.79 Å². The molecule has 71 heavy (non-hydrogen) atoms. The van der Waals surface area contributed by atoms with Gasteiger partial charge in [0.1, 0.15) is 44.3 Å². The van der Waals surface area contributed by atoms with Crippen LogP contribution in [0.5, 0.6) is 17.2 Å². The second kappa shape index (κ2) is 24.4. The van der Waals surface area contributed by atoms with Gasteiger partial charge in [0.15, 0.2) is 17.2 Å². The lowest BCUT2D eigenvalue weighted by Crippen LogP contribution is -2.27. The maximum Gasteiger partial charge on any atom is 0.305 e. The van der Waals surface area contributed by atoms with Crippen molar-refractivity contribution in [2.45, 2.75) is 84.0 Å². The first-order valence-corrected chi connectivity index (χ1v) is 25.3. The topological polar surface area (TPSA) is 107 Å². The van der Waals surface area contributed by atoms with E-state index < -0.39 is 0 Å². The van der Waals surface area contributed by atoms with E-state index in [-0.39, 0.29) is 30.0 Å². The minimum Gasteiger partial charge on any atom is -0.497 e. The van der Waals surface area contributed by atoms with Crippen molar-refractivity contribution in [2.24, 2.45) is 0 Å². The number of carbonyl (C=O) groups excluding carboxylic acids is 1. The minimum atomic E-state index is -0.256. The summed E-state index contributed by atoms with van der Waals surface area (Å²) in [6.07, 6.45) is 27.3. The molecule has 1 aromatic heterocycles. The van der Waals surface area contributed by atoms with Crippen LogP contribution in [0.4, 0.5) is 22.9 Å². The summed E-state index contributed by atoms with van der Waals surface area (Å²) < 4.78 is 32.1. The molecular formula is C59H67BrN5O6+. The number of terminal acetylenes is 1. The van der Waals surface area contributed by atoms with Gasteiger partial charge in [0.2, 0.25) is 5.69 Å². The van der Waals surface area contributed by atoms with Crippen LogP contribution in [0.25, 0.3) is 10.9 Å². The number of allylic oxidation sites excluding steroid dienone is 8. The van der Waals surface area contributed by atoms with Gasteiger partial charge in [0.05, 0.1) is 24.6 Å². The van der Waals surface area contributed by atoms with Crippen molar-refractivity contribution < 1.29 is 33.1 Å². The number of hydrogen-bond donors (Lipinski definition) is 1. The Morgan fingerprint density at radius 2 is 1.62 bits per heavy atom. The van der Waals surface area contributed by atoms with Gasteiger partial charge in [0, 0.05) is 88.2 Å². The average molecular weight is 1020 g/mol. The molecule has 0 saturated carbocycles. The number of nitrogens with zero attached hydrogens (tertiary/aromatic N) is 4. The molecule has 2 aliphatic rings. The zero-order chi connectivity index (χ0) is 50.4. The van der Waals surface area contributed by atoms with Crippen molar-refractivity contribution in [3.05, 3.63) is 149 Å². The van der Waals surface area contributed by atoms with E-state index >= 15 is 0 Å². The first-order chi connectivity index (χ1) is 34.4. The van der Waals surface area contributed by atoms with Gasteiger partial charge >= 0.3 is 5.97 Å². The molecule has 2 aliphatic heterocycles. The Kier molecular flexibility index (Phi) is 17.9. The highest BCUT2D eigenvalue weighted by Crippen LogP contribution is 2.49. The zero-order valence-electron chi connectivity index (χ0n) is 42.2. The third-order valence-electron chi connectivity index (χ3n) is 13.0. The monoisotopic (exact) mass is 1020 g/mol. The Morgan fingerprint density at radius 3 is 2.41 bits per heavy atom. The Bertz CT molecular complexity index is 2890. The molecule has 0 spiro atoms. The first-order valence-electron chi connectivity index (χ1n) is 24.6. The number of carbonyl (C=O) groups is 1. The highest BCUT2D eigenvalue weighted by Gasteiger charge is 2.44. The molecule has 0 atom stereocenters. The smallest absolute Gasteiger partial charge is 0.305 e. The summed E-state index contributed by atoms with van der Waals surface area (Å²) in [5.41, 5.74) is 9.45. The van der Waals surface area contributed by atoms with Gasteiger partial charge in [-0.2, -0.15) is 4.58 Å². The van der Waals surface area contributed by atoms with Gasteiger partial charge in [0.25, 0.3) is 0 Å². The van der Waals surface area contributed by atoms with Crippen LogP contribution < -0.4 is 24.4 Å². The average Bonchev–Trinajstić information content (AvgIpc) is 3.70. The number of rotatable bonds is 24. The Morgan fingerprint density at radius 1 is 0.831 bits per heavy atom. The fourth-order valence-corrected chi connectivity index (χ4v) is 9.62. The SMILES string of the molecule is C#Cc1cccc(Nc2ncnc3cc(OCCOC)c(OCCOC(=O)CCCCCN4/C(=C/C=C/C=C/C=C/C5=[N+](CCCC)c6ccc(OC)cc6C5(C)C)C(C)(C)c5cc(Br)ccc54)cc23)c1. The van der Waals surface area contributed by atoms with Crippen molar-refractivity contribution in [2.75, 3.05) is 64.0 Å². The lowest BCUT2D eigenvalue weighted by molar-refractivity contribution is -0.438. The number of methoxy groups -OCH3 is 2. The number of unbranched alkanes of at least 4 members (excludes halogenated alkanes) is 3. The maximum absolute atomic E-state index is 12.9. The van der Waals surface area contributed by atoms with Crippen molar-refractivity contribution in [1.82, 2.24) is 9.97 Å². The van der Waals surface area contributed by atoms with Crippen molar-refractivity contribution >= 4 is 61.4 Å². The molecule has 7 rings (SSSR count). The van der Waals surface area contributed by atoms with Crippen LogP contribution in [-0.4, -0.2) is 80.0 Å². The molecule has 4 aromatic carbocycles. The molecule has 1 N–H and O–H groups in total. The standard InChI is InChI=1S/C59H67BrN5O6/c1-9-11-30-64-51-29-27-45(68-8)38-48(51)59(5,6)55(64)24-17-14-12-13-16-23-54-58(3,4)47-37-43(60)26-28-50(47)65(54)31-19-15-18-25-56(66)71-35-34-70-52-39-46-49(40-53(52)69-33-32-67-7)61-41-62-57(46)63-44-22-20-21-42(10-2)36-44/h2,12-14,16-17,20-24,26-29,36-41H,9,11,15,18-19,25,30-35H2,1,3-8H3,(H,61,62,63)/q+1. The molecule has 0 unspecified atom stereocenters. The van der Waals surface area contributed by atoms with E-state index in [2.05, 4.69) is 160 Å². The van der Waals surface area contributed by atoms with E-state index in [0.717, 1.165) is 72.1 Å². The van der Waals surface area contributed by atoms with Crippen LogP contribution in [-0.2, 0) is 25.1 Å². The molecule has 370 valence electrons. The predicted molar refractivity (Wildman–Crippen MR) is 290 cm³/mol. The number of hydrogen-bond acceptors (Lipinski definition) is 10. The largest absolute Gasteiger partial charge is 0.497 e. The lowest BCUT2D eigenvalue weighted by Gasteiger charge is -2.27. The van der Waals surface area contributed by atoms with E-state index in [0.29, 0.717) is 42.5 Å². The van der Waals surface area contributed by atoms with Gasteiger partial charge in [-0.05, 0) is 92.9 Å². The molecule has 0 fully saturated rings. The van der Waals surface area contributed by atoms with Crippen molar-refractivity contribution in [3.63, 3.8) is 0 Å². The van der Waals surface area contributed by atoms with Crippen LogP contribution in [0.1, 0.15) is 89.8 Å². The van der Waals surface area contributed by atoms with Gasteiger partial charge in [-0.25, -0.2) is 9.97 Å². The molecule has 0 amide bonds. The molecule has 11 nitrogen and oxygen atoms in total. The van der Waals surface area contributed by atoms with Crippen LogP contribution in [0.15, 0.2) is 132 Å². The number of halogens is 1. The highest BCUT2D eigenvalue weighted by atomic mass is 79.9. The molecule has 5 aromatic rings. The van der Waals surface area contributed by atoms with Crippen molar-refractivity contribution in [3.8, 4) is 29.6 Å². The molecule has 0 bridgehead atoms. The van der Waals surface area contributed by atoms with Gasteiger partial charge < -0.3 is 33.9 Å². The van der Waals surface area contributed by atoms with E-state index in [1.807, 2.05) is 30.3 Å². The number of esters is 1. The Balaban J connectivity index is 0.925. The Labute approximate surface area is 428 Å². The second-order valence-corrected chi connectivity index (χ2v) is 19.5. The number of benzene rings is 4. The molecular weight excluding hydrogens is 955 g/mol. The predicted octanol–water partition coefficient (Wildman–Crippen LogP) is 12.9. The van der Waals surface area contributed by atoms with Crippen molar-refractivity contribution in [1.29, 1.82) is 0 Å². The van der Waals surface area contributed by atoms with Crippen LogP contribution in [0, 0.1) is 12.3 Å². The van der Waals surface area contributed by atoms with E-state index in [1.165, 1.54) is 40.2 Å². The molecule has 3 heterocycles. The highest BCUT2D eigenvalue weighted by molar-refractivity contribution is 9.10. The maximum atomic E-state index is 12.9. The number of anilines is 3. The van der Waals surface area contributed by atoms with Crippen LogP contribution >= 0.6 is 15.9 Å². The number of aromatic nitrogens is 2. The summed E-state index contributed by atoms with van der Waals surface area (Å²) in [6, 6.07) is 24.1. The number of ether oxygens (including phenoxy) is 5. The summed E-state index contributed by atoms with van der Waals surface area (Å²) in [4.78, 5) is 24.3. The zero-order valence-corrected chi connectivity index (χ0v) is 43.8.